The molecule has 27 heavy (non-hydrogen) atoms. The monoisotopic (exact) mass is 353 g/mol. The number of nitrogens with zero attached hydrogens (tertiary/aromatic N) is 2. The van der Waals surface area contributed by atoms with Crippen molar-refractivity contribution in [3.63, 3.8) is 0 Å². The number of hydrogen-bond acceptors (Lipinski definition) is 2. The molecule has 1 N–H and O–H groups in total. The Morgan fingerprint density at radius 2 is 1.37 bits per heavy atom. The van der Waals surface area contributed by atoms with Crippen molar-refractivity contribution < 1.29 is 4.79 Å². The molecule has 0 aliphatic rings. The quantitative estimate of drug-likeness (QED) is 0.555. The van der Waals surface area contributed by atoms with Crippen LogP contribution in [0.25, 0.3) is 16.9 Å². The zero-order valence-corrected chi connectivity index (χ0v) is 15.0. The van der Waals surface area contributed by atoms with Crippen molar-refractivity contribution in [1.82, 2.24) is 9.78 Å². The van der Waals surface area contributed by atoms with Crippen molar-refractivity contribution in [1.29, 1.82) is 0 Å². The number of amides is 1. The van der Waals surface area contributed by atoms with Crippen molar-refractivity contribution in [2.24, 2.45) is 0 Å². The Morgan fingerprint density at radius 3 is 2.00 bits per heavy atom. The summed E-state index contributed by atoms with van der Waals surface area (Å²) in [5.74, 6) is 0.518. The van der Waals surface area contributed by atoms with Crippen LogP contribution in [-0.2, 0) is 0 Å². The molecule has 4 heteroatoms. The molecule has 0 spiro atoms. The van der Waals surface area contributed by atoms with E-state index < -0.39 is 0 Å². The van der Waals surface area contributed by atoms with Gasteiger partial charge >= 0.3 is 0 Å². The molecule has 1 heterocycles. The van der Waals surface area contributed by atoms with Crippen LogP contribution in [-0.4, -0.2) is 15.7 Å². The summed E-state index contributed by atoms with van der Waals surface area (Å²) < 4.78 is 1.79. The minimum atomic E-state index is -0.157. The summed E-state index contributed by atoms with van der Waals surface area (Å²) in [5, 5.41) is 7.84. The van der Waals surface area contributed by atoms with Gasteiger partial charge in [0.15, 0.2) is 0 Å². The fourth-order valence-electron chi connectivity index (χ4n) is 3.04. The standard InChI is InChI=1S/C23H19N3O/c1-17-21(18-11-5-2-6-12-18)25-26(20-15-9-4-10-16-20)22(17)24-23(27)19-13-7-3-8-14-19/h2-16H,1H3,(H,24,27). The average molecular weight is 353 g/mol. The Bertz CT molecular complexity index is 1060. The molecule has 132 valence electrons. The lowest BCUT2D eigenvalue weighted by Gasteiger charge is -2.10. The number of hydrogen-bond donors (Lipinski definition) is 1. The van der Waals surface area contributed by atoms with E-state index in [9.17, 15) is 4.79 Å². The number of rotatable bonds is 4. The lowest BCUT2D eigenvalue weighted by molar-refractivity contribution is 0.102. The van der Waals surface area contributed by atoms with Gasteiger partial charge in [0.2, 0.25) is 0 Å². The molecule has 4 rings (SSSR count). The van der Waals surface area contributed by atoms with Crippen LogP contribution in [0.1, 0.15) is 15.9 Å². The SMILES string of the molecule is Cc1c(-c2ccccc2)nn(-c2ccccc2)c1NC(=O)c1ccccc1. The summed E-state index contributed by atoms with van der Waals surface area (Å²) in [6, 6.07) is 29.0. The van der Waals surface area contributed by atoms with E-state index in [-0.39, 0.29) is 5.91 Å². The molecular formula is C23H19N3O. The van der Waals surface area contributed by atoms with E-state index in [4.69, 9.17) is 5.10 Å². The van der Waals surface area contributed by atoms with Crippen molar-refractivity contribution >= 4 is 11.7 Å². The average Bonchev–Trinajstić information content (AvgIpc) is 3.06. The molecule has 0 atom stereocenters. The highest BCUT2D eigenvalue weighted by Gasteiger charge is 2.19. The first kappa shape index (κ1) is 16.8. The molecule has 1 amide bonds. The second kappa shape index (κ2) is 7.30. The molecule has 0 radical (unpaired) electrons. The highest BCUT2D eigenvalue weighted by molar-refractivity contribution is 6.04. The van der Waals surface area contributed by atoms with E-state index in [1.54, 1.807) is 16.8 Å². The molecular weight excluding hydrogens is 334 g/mol. The van der Waals surface area contributed by atoms with Gasteiger partial charge in [-0.3, -0.25) is 4.79 Å². The normalized spacial score (nSPS) is 10.6. The molecule has 1 aromatic heterocycles. The summed E-state index contributed by atoms with van der Waals surface area (Å²) in [5.41, 5.74) is 4.29. The summed E-state index contributed by atoms with van der Waals surface area (Å²) in [6.07, 6.45) is 0. The molecule has 4 aromatic rings. The van der Waals surface area contributed by atoms with Crippen LogP contribution in [0.15, 0.2) is 91.0 Å². The third-order valence-electron chi connectivity index (χ3n) is 4.44. The molecule has 0 saturated carbocycles. The van der Waals surface area contributed by atoms with Crippen LogP contribution < -0.4 is 5.32 Å². The third kappa shape index (κ3) is 3.37. The van der Waals surface area contributed by atoms with Gasteiger partial charge in [-0.05, 0) is 31.2 Å². The lowest BCUT2D eigenvalue weighted by Crippen LogP contribution is -2.15. The number of carbonyl (C=O) groups excluding carboxylic acids is 1. The fourth-order valence-corrected chi connectivity index (χ4v) is 3.04. The molecule has 4 nitrogen and oxygen atoms in total. The number of para-hydroxylation sites is 1. The smallest absolute Gasteiger partial charge is 0.256 e. The van der Waals surface area contributed by atoms with Crippen molar-refractivity contribution in [3.8, 4) is 16.9 Å². The minimum absolute atomic E-state index is 0.157. The second-order valence-corrected chi connectivity index (χ2v) is 6.26. The maximum absolute atomic E-state index is 12.7. The Hall–Kier alpha value is -3.66. The lowest BCUT2D eigenvalue weighted by atomic mass is 10.1. The van der Waals surface area contributed by atoms with Gasteiger partial charge in [-0.2, -0.15) is 5.10 Å². The number of benzene rings is 3. The van der Waals surface area contributed by atoms with Crippen molar-refractivity contribution in [2.45, 2.75) is 6.92 Å². The topological polar surface area (TPSA) is 46.9 Å². The van der Waals surface area contributed by atoms with Crippen LogP contribution >= 0.6 is 0 Å². The van der Waals surface area contributed by atoms with Crippen LogP contribution in [0.3, 0.4) is 0 Å². The maximum Gasteiger partial charge on any atom is 0.256 e. The highest BCUT2D eigenvalue weighted by atomic mass is 16.1. The molecule has 0 fully saturated rings. The Labute approximate surface area is 158 Å². The first-order valence-corrected chi connectivity index (χ1v) is 8.81. The van der Waals surface area contributed by atoms with Gasteiger partial charge in [-0.25, -0.2) is 4.68 Å². The first-order chi connectivity index (χ1) is 13.2. The zero-order chi connectivity index (χ0) is 18.6. The number of anilines is 1. The van der Waals surface area contributed by atoms with Gasteiger partial charge in [-0.15, -0.1) is 0 Å². The molecule has 0 bridgehead atoms. The fraction of sp³-hybridized carbons (Fsp3) is 0.0435. The number of aromatic nitrogens is 2. The molecule has 0 unspecified atom stereocenters. The summed E-state index contributed by atoms with van der Waals surface area (Å²) in [4.78, 5) is 12.7. The van der Waals surface area contributed by atoms with E-state index >= 15 is 0 Å². The summed E-state index contributed by atoms with van der Waals surface area (Å²) in [6.45, 7) is 1.98. The van der Waals surface area contributed by atoms with Gasteiger partial charge < -0.3 is 5.32 Å². The van der Waals surface area contributed by atoms with Gasteiger partial charge in [0.25, 0.3) is 5.91 Å². The maximum atomic E-state index is 12.7. The molecule has 0 aliphatic carbocycles. The van der Waals surface area contributed by atoms with Crippen LogP contribution in [0.4, 0.5) is 5.82 Å². The number of carbonyl (C=O) groups is 1. The Kier molecular flexibility index (Phi) is 4.54. The minimum Gasteiger partial charge on any atom is -0.306 e. The van der Waals surface area contributed by atoms with Crippen molar-refractivity contribution in [2.75, 3.05) is 5.32 Å². The van der Waals surface area contributed by atoms with Crippen molar-refractivity contribution in [3.05, 3.63) is 102 Å². The Balaban J connectivity index is 1.81. The van der Waals surface area contributed by atoms with Crippen LogP contribution in [0.2, 0.25) is 0 Å². The van der Waals surface area contributed by atoms with Crippen LogP contribution in [0, 0.1) is 6.92 Å². The van der Waals surface area contributed by atoms with E-state index in [0.29, 0.717) is 11.4 Å². The summed E-state index contributed by atoms with van der Waals surface area (Å²) >= 11 is 0. The predicted octanol–water partition coefficient (Wildman–Crippen LogP) is 5.10. The largest absolute Gasteiger partial charge is 0.306 e. The van der Waals surface area contributed by atoms with E-state index in [0.717, 1.165) is 22.5 Å². The molecule has 0 saturated heterocycles. The first-order valence-electron chi connectivity index (χ1n) is 8.81. The second-order valence-electron chi connectivity index (χ2n) is 6.26. The van der Waals surface area contributed by atoms with Crippen LogP contribution in [0.5, 0.6) is 0 Å². The zero-order valence-electron chi connectivity index (χ0n) is 15.0. The van der Waals surface area contributed by atoms with E-state index in [1.165, 1.54) is 0 Å². The highest BCUT2D eigenvalue weighted by Crippen LogP contribution is 2.30. The third-order valence-corrected chi connectivity index (χ3v) is 4.44. The van der Waals surface area contributed by atoms with E-state index in [1.807, 2.05) is 85.8 Å². The van der Waals surface area contributed by atoms with Gasteiger partial charge in [0.05, 0.1) is 11.4 Å². The van der Waals surface area contributed by atoms with Gasteiger partial charge in [0, 0.05) is 16.7 Å². The van der Waals surface area contributed by atoms with Gasteiger partial charge in [0.1, 0.15) is 5.82 Å². The Morgan fingerprint density at radius 1 is 0.815 bits per heavy atom. The predicted molar refractivity (Wildman–Crippen MR) is 108 cm³/mol. The van der Waals surface area contributed by atoms with Gasteiger partial charge in [-0.1, -0.05) is 66.7 Å². The van der Waals surface area contributed by atoms with E-state index in [2.05, 4.69) is 5.32 Å². The number of nitrogens with one attached hydrogen (secondary N) is 1. The molecule has 0 aliphatic heterocycles. The molecule has 3 aromatic carbocycles. The summed E-state index contributed by atoms with van der Waals surface area (Å²) in [7, 11) is 0.